The number of hydrogen-bond donors (Lipinski definition) is 1. The van der Waals surface area contributed by atoms with Gasteiger partial charge in [-0.05, 0) is 24.5 Å². The minimum absolute atomic E-state index is 0.251. The lowest BCUT2D eigenvalue weighted by molar-refractivity contribution is -0.143. The van der Waals surface area contributed by atoms with Gasteiger partial charge in [-0.3, -0.25) is 0 Å². The SMILES string of the molecule is COC(=O)[C@H](CC(C)C)NC(=O)Oc1ccccc1. The number of rotatable bonds is 5. The van der Waals surface area contributed by atoms with Crippen LogP contribution in [0.15, 0.2) is 30.3 Å². The molecule has 19 heavy (non-hydrogen) atoms. The Morgan fingerprint density at radius 1 is 1.21 bits per heavy atom. The van der Waals surface area contributed by atoms with Crippen molar-refractivity contribution < 1.29 is 19.1 Å². The number of nitrogens with one attached hydrogen (secondary N) is 1. The number of para-hydroxylation sites is 1. The lowest BCUT2D eigenvalue weighted by Gasteiger charge is -2.17. The first-order valence-electron chi connectivity index (χ1n) is 6.14. The Balaban J connectivity index is 2.58. The van der Waals surface area contributed by atoms with Gasteiger partial charge in [-0.1, -0.05) is 32.0 Å². The topological polar surface area (TPSA) is 64.6 Å². The van der Waals surface area contributed by atoms with Crippen LogP contribution >= 0.6 is 0 Å². The molecule has 1 aromatic carbocycles. The maximum atomic E-state index is 11.7. The quantitative estimate of drug-likeness (QED) is 0.830. The van der Waals surface area contributed by atoms with E-state index in [0.29, 0.717) is 12.2 Å². The third-order valence-corrected chi connectivity index (χ3v) is 2.44. The third-order valence-electron chi connectivity index (χ3n) is 2.44. The van der Waals surface area contributed by atoms with E-state index in [9.17, 15) is 9.59 Å². The highest BCUT2D eigenvalue weighted by Gasteiger charge is 2.23. The minimum atomic E-state index is -0.693. The predicted molar refractivity (Wildman–Crippen MR) is 70.9 cm³/mol. The standard InChI is InChI=1S/C14H19NO4/c1-10(2)9-12(13(16)18-3)15-14(17)19-11-7-5-4-6-8-11/h4-8,10,12H,9H2,1-3H3,(H,15,17)/t12-/m0/s1. The molecule has 5 heteroatoms. The first-order valence-corrected chi connectivity index (χ1v) is 6.14. The highest BCUT2D eigenvalue weighted by molar-refractivity contribution is 5.82. The van der Waals surface area contributed by atoms with Crippen molar-refractivity contribution in [1.29, 1.82) is 0 Å². The molecule has 0 spiro atoms. The largest absolute Gasteiger partial charge is 0.467 e. The number of amides is 1. The maximum Gasteiger partial charge on any atom is 0.413 e. The van der Waals surface area contributed by atoms with Crippen molar-refractivity contribution in [3.05, 3.63) is 30.3 Å². The number of ether oxygens (including phenoxy) is 2. The van der Waals surface area contributed by atoms with Gasteiger partial charge in [0.15, 0.2) is 0 Å². The average Bonchev–Trinajstić information content (AvgIpc) is 2.37. The molecule has 0 aromatic heterocycles. The Bertz CT molecular complexity index is 417. The molecule has 0 aliphatic carbocycles. The van der Waals surface area contributed by atoms with Gasteiger partial charge in [-0.25, -0.2) is 9.59 Å². The molecule has 0 fully saturated rings. The van der Waals surface area contributed by atoms with E-state index in [1.54, 1.807) is 24.3 Å². The Morgan fingerprint density at radius 2 is 1.84 bits per heavy atom. The summed E-state index contributed by atoms with van der Waals surface area (Å²) in [5.74, 6) is 0.202. The molecular formula is C14H19NO4. The van der Waals surface area contributed by atoms with Crippen LogP contribution in [0.25, 0.3) is 0 Å². The van der Waals surface area contributed by atoms with E-state index in [2.05, 4.69) is 10.1 Å². The monoisotopic (exact) mass is 265 g/mol. The minimum Gasteiger partial charge on any atom is -0.467 e. The zero-order chi connectivity index (χ0) is 14.3. The number of methoxy groups -OCH3 is 1. The molecule has 1 atom stereocenters. The Morgan fingerprint density at radius 3 is 2.37 bits per heavy atom. The highest BCUT2D eigenvalue weighted by Crippen LogP contribution is 2.10. The van der Waals surface area contributed by atoms with E-state index in [0.717, 1.165) is 0 Å². The molecule has 0 unspecified atom stereocenters. The predicted octanol–water partition coefficient (Wildman–Crippen LogP) is 2.36. The number of hydrogen-bond acceptors (Lipinski definition) is 4. The number of carbonyl (C=O) groups is 2. The molecule has 1 N–H and O–H groups in total. The third kappa shape index (κ3) is 5.42. The number of carbonyl (C=O) groups excluding carboxylic acids is 2. The molecular weight excluding hydrogens is 246 g/mol. The van der Waals surface area contributed by atoms with Crippen molar-refractivity contribution in [2.45, 2.75) is 26.3 Å². The normalized spacial score (nSPS) is 11.8. The molecule has 0 aliphatic rings. The number of benzene rings is 1. The van der Waals surface area contributed by atoms with E-state index < -0.39 is 18.1 Å². The first kappa shape index (κ1) is 15.0. The van der Waals surface area contributed by atoms with Crippen LogP contribution in [0.2, 0.25) is 0 Å². The fraction of sp³-hybridized carbons (Fsp3) is 0.429. The van der Waals surface area contributed by atoms with Gasteiger partial charge in [-0.15, -0.1) is 0 Å². The van der Waals surface area contributed by atoms with E-state index >= 15 is 0 Å². The highest BCUT2D eigenvalue weighted by atomic mass is 16.6. The van der Waals surface area contributed by atoms with Gasteiger partial charge in [0.1, 0.15) is 11.8 Å². The van der Waals surface area contributed by atoms with Crippen LogP contribution in [0.4, 0.5) is 4.79 Å². The Hall–Kier alpha value is -2.04. The summed E-state index contributed by atoms with van der Waals surface area (Å²) < 4.78 is 9.72. The van der Waals surface area contributed by atoms with Crippen LogP contribution in [0.5, 0.6) is 5.75 Å². The summed E-state index contributed by atoms with van der Waals surface area (Å²) in [6, 6.07) is 7.97. The van der Waals surface area contributed by atoms with Crippen LogP contribution in [0, 0.1) is 5.92 Å². The van der Waals surface area contributed by atoms with Gasteiger partial charge in [0, 0.05) is 0 Å². The van der Waals surface area contributed by atoms with Gasteiger partial charge in [-0.2, -0.15) is 0 Å². The van der Waals surface area contributed by atoms with Gasteiger partial charge < -0.3 is 14.8 Å². The van der Waals surface area contributed by atoms with Gasteiger partial charge >= 0.3 is 12.1 Å². The van der Waals surface area contributed by atoms with E-state index in [4.69, 9.17) is 4.74 Å². The van der Waals surface area contributed by atoms with Crippen LogP contribution in [-0.4, -0.2) is 25.2 Å². The summed E-state index contributed by atoms with van der Waals surface area (Å²) in [5.41, 5.74) is 0. The Kier molecular flexibility index (Phi) is 5.85. The summed E-state index contributed by atoms with van der Waals surface area (Å²) in [7, 11) is 1.29. The van der Waals surface area contributed by atoms with Crippen LogP contribution in [-0.2, 0) is 9.53 Å². The van der Waals surface area contributed by atoms with Crippen molar-refractivity contribution >= 4 is 12.1 Å². The second-order valence-electron chi connectivity index (χ2n) is 4.55. The lowest BCUT2D eigenvalue weighted by Crippen LogP contribution is -2.43. The molecule has 104 valence electrons. The second kappa shape index (κ2) is 7.41. The van der Waals surface area contributed by atoms with Crippen molar-refractivity contribution in [3.63, 3.8) is 0 Å². The van der Waals surface area contributed by atoms with Gasteiger partial charge in [0.25, 0.3) is 0 Å². The molecule has 1 rings (SSSR count). The molecule has 0 saturated carbocycles. The van der Waals surface area contributed by atoms with Crippen molar-refractivity contribution in [1.82, 2.24) is 5.32 Å². The molecule has 0 heterocycles. The van der Waals surface area contributed by atoms with Crippen molar-refractivity contribution in [2.75, 3.05) is 7.11 Å². The van der Waals surface area contributed by atoms with Crippen LogP contribution < -0.4 is 10.1 Å². The fourth-order valence-corrected chi connectivity index (χ4v) is 1.60. The smallest absolute Gasteiger partial charge is 0.413 e. The fourth-order valence-electron chi connectivity index (χ4n) is 1.60. The molecule has 0 aliphatic heterocycles. The molecule has 1 amide bonds. The molecule has 0 saturated heterocycles. The van der Waals surface area contributed by atoms with Gasteiger partial charge in [0.2, 0.25) is 0 Å². The lowest BCUT2D eigenvalue weighted by atomic mass is 10.0. The van der Waals surface area contributed by atoms with Gasteiger partial charge in [0.05, 0.1) is 7.11 Å². The van der Waals surface area contributed by atoms with Crippen molar-refractivity contribution in [3.8, 4) is 5.75 Å². The van der Waals surface area contributed by atoms with Crippen molar-refractivity contribution in [2.24, 2.45) is 5.92 Å². The molecule has 0 radical (unpaired) electrons. The van der Waals surface area contributed by atoms with Crippen LogP contribution in [0.1, 0.15) is 20.3 Å². The summed E-state index contributed by atoms with van der Waals surface area (Å²) >= 11 is 0. The molecule has 1 aromatic rings. The van der Waals surface area contributed by atoms with E-state index in [1.165, 1.54) is 7.11 Å². The number of esters is 1. The summed E-state index contributed by atoms with van der Waals surface area (Å²) in [5, 5.41) is 2.51. The first-order chi connectivity index (χ1) is 9.02. The zero-order valence-electron chi connectivity index (χ0n) is 11.4. The molecule has 5 nitrogen and oxygen atoms in total. The maximum absolute atomic E-state index is 11.7. The second-order valence-corrected chi connectivity index (χ2v) is 4.55. The molecule has 0 bridgehead atoms. The summed E-state index contributed by atoms with van der Waals surface area (Å²) in [6.45, 7) is 3.92. The summed E-state index contributed by atoms with van der Waals surface area (Å²) in [4.78, 5) is 23.2. The Labute approximate surface area is 112 Å². The van der Waals surface area contributed by atoms with E-state index in [1.807, 2.05) is 19.9 Å². The van der Waals surface area contributed by atoms with E-state index in [-0.39, 0.29) is 5.92 Å². The average molecular weight is 265 g/mol. The summed E-state index contributed by atoms with van der Waals surface area (Å²) in [6.07, 6.45) is -0.168. The zero-order valence-corrected chi connectivity index (χ0v) is 11.4. The van der Waals surface area contributed by atoms with Crippen LogP contribution in [0.3, 0.4) is 0 Å².